The maximum absolute atomic E-state index is 14.5. The number of ketones is 1. The molecule has 0 bridgehead atoms. The average Bonchev–Trinajstić information content (AvgIpc) is 3.16. The molecule has 0 amide bonds. The molecule has 0 saturated heterocycles. The standard InChI is InChI=1S/C19H17ClFNO3S/c20-12-4-3-5-13(10-12)26(24,25)22-11-16-14(8-9-18(16)23)19(22)15-6-1-2-7-17(15)21/h1-4,6-7,10-11,13-14,19H,5,8-9H2. The number of hydrogen-bond donors (Lipinski definition) is 0. The third kappa shape index (κ3) is 2.72. The Balaban J connectivity index is 1.81. The van der Waals surface area contributed by atoms with Crippen LogP contribution in [0.4, 0.5) is 4.39 Å². The zero-order valence-electron chi connectivity index (χ0n) is 13.8. The van der Waals surface area contributed by atoms with Gasteiger partial charge >= 0.3 is 0 Å². The normalized spacial score (nSPS) is 28.2. The summed E-state index contributed by atoms with van der Waals surface area (Å²) in [6.45, 7) is 0. The van der Waals surface area contributed by atoms with Crippen molar-refractivity contribution in [3.8, 4) is 0 Å². The Morgan fingerprint density at radius 3 is 2.73 bits per heavy atom. The summed E-state index contributed by atoms with van der Waals surface area (Å²) in [5.74, 6) is -0.845. The first-order valence-electron chi connectivity index (χ1n) is 8.45. The van der Waals surface area contributed by atoms with Gasteiger partial charge in [-0.2, -0.15) is 0 Å². The van der Waals surface area contributed by atoms with Crippen molar-refractivity contribution in [3.05, 3.63) is 70.7 Å². The number of carbonyl (C=O) groups is 1. The van der Waals surface area contributed by atoms with Crippen molar-refractivity contribution in [2.24, 2.45) is 5.92 Å². The first kappa shape index (κ1) is 17.5. The zero-order chi connectivity index (χ0) is 18.5. The Morgan fingerprint density at radius 1 is 1.23 bits per heavy atom. The molecule has 2 aliphatic carbocycles. The smallest absolute Gasteiger partial charge is 0.242 e. The minimum atomic E-state index is -3.85. The van der Waals surface area contributed by atoms with E-state index in [9.17, 15) is 17.6 Å². The van der Waals surface area contributed by atoms with Crippen LogP contribution in [0.2, 0.25) is 0 Å². The number of hydrogen-bond acceptors (Lipinski definition) is 3. The third-order valence-corrected chi connectivity index (χ3v) is 7.48. The van der Waals surface area contributed by atoms with E-state index >= 15 is 0 Å². The second-order valence-electron chi connectivity index (χ2n) is 6.72. The minimum absolute atomic E-state index is 0.0637. The summed E-state index contributed by atoms with van der Waals surface area (Å²) in [7, 11) is -3.85. The van der Waals surface area contributed by atoms with E-state index in [1.165, 1.54) is 22.6 Å². The highest BCUT2D eigenvalue weighted by atomic mass is 35.5. The van der Waals surface area contributed by atoms with Crippen LogP contribution in [0, 0.1) is 11.7 Å². The molecule has 1 aromatic rings. The molecule has 0 radical (unpaired) electrons. The van der Waals surface area contributed by atoms with Gasteiger partial charge in [0.15, 0.2) is 5.78 Å². The van der Waals surface area contributed by atoms with Crippen LogP contribution < -0.4 is 0 Å². The van der Waals surface area contributed by atoms with E-state index in [-0.39, 0.29) is 11.7 Å². The second kappa shape index (κ2) is 6.35. The fraction of sp³-hybridized carbons (Fsp3) is 0.316. The van der Waals surface area contributed by atoms with Crippen LogP contribution in [0.1, 0.15) is 30.9 Å². The van der Waals surface area contributed by atoms with E-state index in [1.807, 2.05) is 0 Å². The van der Waals surface area contributed by atoms with E-state index in [2.05, 4.69) is 0 Å². The van der Waals surface area contributed by atoms with Gasteiger partial charge in [0.2, 0.25) is 10.0 Å². The Labute approximate surface area is 156 Å². The molecular weight excluding hydrogens is 377 g/mol. The molecule has 1 saturated carbocycles. The van der Waals surface area contributed by atoms with Crippen molar-refractivity contribution in [1.29, 1.82) is 0 Å². The summed E-state index contributed by atoms with van der Waals surface area (Å²) in [5.41, 5.74) is 0.770. The molecule has 0 spiro atoms. The molecule has 4 nitrogen and oxygen atoms in total. The summed E-state index contributed by atoms with van der Waals surface area (Å²) in [5, 5.41) is -0.476. The number of benzene rings is 1. The largest absolute Gasteiger partial charge is 0.294 e. The SMILES string of the molecule is O=C1CCC2C1=CN(S(=O)(=O)C1C=C(Cl)C=CC1)C2c1ccccc1F. The number of nitrogens with zero attached hydrogens (tertiary/aromatic N) is 1. The van der Waals surface area contributed by atoms with Crippen LogP contribution >= 0.6 is 11.6 Å². The lowest BCUT2D eigenvalue weighted by molar-refractivity contribution is -0.114. The van der Waals surface area contributed by atoms with Gasteiger partial charge in [-0.3, -0.25) is 9.10 Å². The molecule has 0 N–H and O–H groups in total. The first-order chi connectivity index (χ1) is 12.4. The Morgan fingerprint density at radius 2 is 2.00 bits per heavy atom. The highest BCUT2D eigenvalue weighted by Gasteiger charge is 2.48. The predicted molar refractivity (Wildman–Crippen MR) is 97.2 cm³/mol. The number of carbonyl (C=O) groups excluding carboxylic acids is 1. The summed E-state index contributed by atoms with van der Waals surface area (Å²) in [6, 6.07) is 5.41. The average molecular weight is 394 g/mol. The van der Waals surface area contributed by atoms with Gasteiger partial charge in [0.05, 0.1) is 6.04 Å². The predicted octanol–water partition coefficient (Wildman–Crippen LogP) is 3.83. The molecule has 136 valence electrons. The fourth-order valence-electron chi connectivity index (χ4n) is 3.96. The van der Waals surface area contributed by atoms with Gasteiger partial charge in [0, 0.05) is 34.7 Å². The van der Waals surface area contributed by atoms with Crippen LogP contribution in [-0.2, 0) is 14.8 Å². The van der Waals surface area contributed by atoms with Crippen molar-refractivity contribution in [2.75, 3.05) is 0 Å². The minimum Gasteiger partial charge on any atom is -0.294 e. The molecule has 3 atom stereocenters. The van der Waals surface area contributed by atoms with Gasteiger partial charge in [-0.15, -0.1) is 0 Å². The second-order valence-corrected chi connectivity index (χ2v) is 9.22. The van der Waals surface area contributed by atoms with E-state index < -0.39 is 27.1 Å². The van der Waals surface area contributed by atoms with Gasteiger partial charge < -0.3 is 0 Å². The quantitative estimate of drug-likeness (QED) is 0.784. The molecular formula is C19H17ClFNO3S. The maximum atomic E-state index is 14.5. The van der Waals surface area contributed by atoms with Crippen LogP contribution in [0.5, 0.6) is 0 Å². The molecule has 1 fully saturated rings. The highest BCUT2D eigenvalue weighted by molar-refractivity contribution is 7.90. The number of halogens is 2. The van der Waals surface area contributed by atoms with E-state index in [4.69, 9.17) is 11.6 Å². The van der Waals surface area contributed by atoms with Gasteiger partial charge in [-0.1, -0.05) is 35.9 Å². The molecule has 0 aromatic heterocycles. The van der Waals surface area contributed by atoms with Crippen molar-refractivity contribution in [2.45, 2.75) is 30.6 Å². The first-order valence-corrected chi connectivity index (χ1v) is 10.3. The van der Waals surface area contributed by atoms with Gasteiger partial charge in [-0.25, -0.2) is 12.8 Å². The molecule has 1 heterocycles. The van der Waals surface area contributed by atoms with Crippen LogP contribution in [0.3, 0.4) is 0 Å². The Kier molecular flexibility index (Phi) is 4.28. The van der Waals surface area contributed by atoms with E-state index in [0.717, 1.165) is 0 Å². The third-order valence-electron chi connectivity index (χ3n) is 5.22. The molecule has 26 heavy (non-hydrogen) atoms. The molecule has 3 unspecified atom stereocenters. The van der Waals surface area contributed by atoms with Crippen LogP contribution in [-0.4, -0.2) is 23.8 Å². The van der Waals surface area contributed by atoms with Crippen molar-refractivity contribution >= 4 is 27.4 Å². The monoisotopic (exact) mass is 393 g/mol. The van der Waals surface area contributed by atoms with Gasteiger partial charge in [0.25, 0.3) is 0 Å². The van der Waals surface area contributed by atoms with Gasteiger partial charge in [-0.05, 0) is 31.1 Å². The number of fused-ring (bicyclic) bond motifs is 1. The maximum Gasteiger partial charge on any atom is 0.242 e. The molecule has 3 aliphatic rings. The number of rotatable bonds is 3. The van der Waals surface area contributed by atoms with Crippen LogP contribution in [0.15, 0.2) is 59.3 Å². The number of sulfonamides is 1. The highest BCUT2D eigenvalue weighted by Crippen LogP contribution is 2.49. The van der Waals surface area contributed by atoms with Crippen molar-refractivity contribution in [1.82, 2.24) is 4.31 Å². The molecule has 1 aromatic carbocycles. The lowest BCUT2D eigenvalue weighted by Crippen LogP contribution is -2.37. The van der Waals surface area contributed by atoms with Crippen molar-refractivity contribution < 1.29 is 17.6 Å². The van der Waals surface area contributed by atoms with Gasteiger partial charge in [0.1, 0.15) is 11.1 Å². The van der Waals surface area contributed by atoms with Crippen LogP contribution in [0.25, 0.3) is 0 Å². The zero-order valence-corrected chi connectivity index (χ0v) is 15.4. The lowest BCUT2D eigenvalue weighted by atomic mass is 9.91. The topological polar surface area (TPSA) is 54.5 Å². The molecule has 1 aliphatic heterocycles. The summed E-state index contributed by atoms with van der Waals surface area (Å²) in [6.07, 6.45) is 7.45. The van der Waals surface area contributed by atoms with E-state index in [1.54, 1.807) is 30.4 Å². The Hall–Kier alpha value is -1.92. The number of allylic oxidation sites excluding steroid dienone is 3. The number of Topliss-reactive ketones (excluding diaryl/α,β-unsaturated/α-hetero) is 1. The summed E-state index contributed by atoms with van der Waals surface area (Å²) in [4.78, 5) is 12.2. The van der Waals surface area contributed by atoms with Crippen molar-refractivity contribution in [3.63, 3.8) is 0 Å². The summed E-state index contributed by atoms with van der Waals surface area (Å²) >= 11 is 5.98. The molecule has 7 heteroatoms. The molecule has 4 rings (SSSR count). The lowest BCUT2D eigenvalue weighted by Gasteiger charge is -2.32. The van der Waals surface area contributed by atoms with E-state index in [0.29, 0.717) is 35.4 Å². The fourth-order valence-corrected chi connectivity index (χ4v) is 6.10. The Bertz CT molecular complexity index is 967. The summed E-state index contributed by atoms with van der Waals surface area (Å²) < 4.78 is 42.2.